The second-order valence-corrected chi connectivity index (χ2v) is 7.25. The summed E-state index contributed by atoms with van der Waals surface area (Å²) >= 11 is 4.89. The molecule has 3 aromatic carbocycles. The molecule has 0 N–H and O–H groups in total. The quantitative estimate of drug-likeness (QED) is 0.366. The lowest BCUT2D eigenvalue weighted by Gasteiger charge is -2.27. The van der Waals surface area contributed by atoms with Crippen LogP contribution in [0.1, 0.15) is 26.3 Å². The topological polar surface area (TPSA) is 12.4 Å². The van der Waals surface area contributed by atoms with E-state index in [1.54, 1.807) is 0 Å². The van der Waals surface area contributed by atoms with Crippen molar-refractivity contribution in [1.82, 2.24) is 0 Å². The number of hydrogen-bond acceptors (Lipinski definition) is 2. The van der Waals surface area contributed by atoms with Crippen LogP contribution in [0.5, 0.6) is 0 Å². The maximum absolute atomic E-state index is 4.89. The fraction of sp³-hybridized carbons (Fsp3) is 0.174. The highest BCUT2D eigenvalue weighted by atomic mass is 32.1. The van der Waals surface area contributed by atoms with Crippen LogP contribution >= 0.6 is 12.2 Å². The summed E-state index contributed by atoms with van der Waals surface area (Å²) in [6, 6.07) is 25.2. The normalized spacial score (nSPS) is 11.0. The summed E-state index contributed by atoms with van der Waals surface area (Å²) in [7, 11) is 0. The highest BCUT2D eigenvalue weighted by molar-refractivity contribution is 7.78. The number of nitrogens with zero attached hydrogens (tertiary/aromatic N) is 1. The average molecular weight is 343 g/mol. The van der Waals surface area contributed by atoms with Gasteiger partial charge in [-0.2, -0.15) is 4.99 Å². The zero-order valence-electron chi connectivity index (χ0n) is 14.8. The van der Waals surface area contributed by atoms with Gasteiger partial charge in [-0.1, -0.05) is 87.5 Å². The van der Waals surface area contributed by atoms with Crippen LogP contribution in [0.15, 0.2) is 77.8 Å². The Balaban J connectivity index is 2.44. The van der Waals surface area contributed by atoms with Gasteiger partial charge < -0.3 is 0 Å². The van der Waals surface area contributed by atoms with Crippen LogP contribution < -0.4 is 0 Å². The minimum atomic E-state index is -0.0824. The Morgan fingerprint density at radius 1 is 0.760 bits per heavy atom. The van der Waals surface area contributed by atoms with Crippen LogP contribution in [0.4, 0.5) is 5.69 Å². The first-order valence-corrected chi connectivity index (χ1v) is 8.79. The molecule has 0 aliphatic carbocycles. The molecule has 0 fully saturated rings. The van der Waals surface area contributed by atoms with Gasteiger partial charge in [0.2, 0.25) is 0 Å². The molecule has 2 heteroatoms. The van der Waals surface area contributed by atoms with Crippen molar-refractivity contribution >= 4 is 23.1 Å². The highest BCUT2D eigenvalue weighted by Crippen LogP contribution is 2.44. The van der Waals surface area contributed by atoms with E-state index < -0.39 is 0 Å². The molecule has 0 aliphatic heterocycles. The van der Waals surface area contributed by atoms with E-state index in [-0.39, 0.29) is 5.41 Å². The molecule has 3 aromatic rings. The first-order valence-electron chi connectivity index (χ1n) is 8.38. The molecule has 0 bridgehead atoms. The molecule has 0 heterocycles. The van der Waals surface area contributed by atoms with E-state index in [1.165, 1.54) is 27.8 Å². The summed E-state index contributed by atoms with van der Waals surface area (Å²) < 4.78 is 0. The summed E-state index contributed by atoms with van der Waals surface area (Å²) in [6.45, 7) is 6.64. The molecule has 0 unspecified atom stereocenters. The number of thiocarbonyl (C=S) groups is 1. The van der Waals surface area contributed by atoms with Crippen molar-refractivity contribution in [2.24, 2.45) is 4.99 Å². The smallest absolute Gasteiger partial charge is 0.0783 e. The van der Waals surface area contributed by atoms with Crippen LogP contribution in [-0.2, 0) is 5.41 Å². The SMILES string of the molecule is CC(C)(C)c1c(N=C=S)ccc(-c2ccccc2)c1-c1ccccc1. The summed E-state index contributed by atoms with van der Waals surface area (Å²) in [5, 5.41) is 2.54. The van der Waals surface area contributed by atoms with E-state index >= 15 is 0 Å². The fourth-order valence-electron chi connectivity index (χ4n) is 3.26. The van der Waals surface area contributed by atoms with Crippen LogP contribution in [-0.4, -0.2) is 5.16 Å². The van der Waals surface area contributed by atoms with Crippen LogP contribution in [0.2, 0.25) is 0 Å². The van der Waals surface area contributed by atoms with Gasteiger partial charge in [0.25, 0.3) is 0 Å². The Bertz CT molecular complexity index is 916. The van der Waals surface area contributed by atoms with E-state index in [4.69, 9.17) is 12.2 Å². The molecular weight excluding hydrogens is 322 g/mol. The number of benzene rings is 3. The number of rotatable bonds is 3. The third-order valence-corrected chi connectivity index (χ3v) is 4.34. The maximum atomic E-state index is 4.89. The van der Waals surface area contributed by atoms with Crippen LogP contribution in [0, 0.1) is 0 Å². The van der Waals surface area contributed by atoms with Crippen molar-refractivity contribution in [2.75, 3.05) is 0 Å². The zero-order chi connectivity index (χ0) is 17.9. The van der Waals surface area contributed by atoms with Crippen LogP contribution in [0.3, 0.4) is 0 Å². The van der Waals surface area contributed by atoms with Gasteiger partial charge in [0, 0.05) is 0 Å². The maximum Gasteiger partial charge on any atom is 0.0783 e. The molecule has 25 heavy (non-hydrogen) atoms. The Morgan fingerprint density at radius 2 is 1.32 bits per heavy atom. The summed E-state index contributed by atoms with van der Waals surface area (Å²) in [6.07, 6.45) is 0. The molecule has 1 nitrogen and oxygen atoms in total. The lowest BCUT2D eigenvalue weighted by molar-refractivity contribution is 0.593. The molecule has 0 atom stereocenters. The second kappa shape index (κ2) is 7.14. The fourth-order valence-corrected chi connectivity index (χ4v) is 3.35. The van der Waals surface area contributed by atoms with Crippen molar-refractivity contribution in [2.45, 2.75) is 26.2 Å². The number of isothiocyanates is 1. The molecule has 0 saturated heterocycles. The van der Waals surface area contributed by atoms with Gasteiger partial charge in [-0.25, -0.2) is 0 Å². The monoisotopic (exact) mass is 343 g/mol. The van der Waals surface area contributed by atoms with Gasteiger partial charge in [-0.3, -0.25) is 0 Å². The molecule has 0 aliphatic rings. The summed E-state index contributed by atoms with van der Waals surface area (Å²) in [5.74, 6) is 0. The van der Waals surface area contributed by atoms with Gasteiger partial charge >= 0.3 is 0 Å². The van der Waals surface area contributed by atoms with E-state index in [2.05, 4.69) is 91.6 Å². The minimum Gasteiger partial charge on any atom is -0.194 e. The summed E-state index contributed by atoms with van der Waals surface area (Å²) in [5.41, 5.74) is 6.81. The van der Waals surface area contributed by atoms with Gasteiger partial charge in [0.05, 0.1) is 10.8 Å². The van der Waals surface area contributed by atoms with Gasteiger partial charge in [-0.05, 0) is 51.5 Å². The highest BCUT2D eigenvalue weighted by Gasteiger charge is 2.25. The van der Waals surface area contributed by atoms with E-state index in [0.717, 1.165) is 5.69 Å². The molecule has 3 rings (SSSR count). The Morgan fingerprint density at radius 3 is 1.84 bits per heavy atom. The molecule has 0 radical (unpaired) electrons. The zero-order valence-corrected chi connectivity index (χ0v) is 15.6. The van der Waals surface area contributed by atoms with Crippen molar-refractivity contribution in [3.63, 3.8) is 0 Å². The van der Waals surface area contributed by atoms with Gasteiger partial charge in [0.1, 0.15) is 0 Å². The summed E-state index contributed by atoms with van der Waals surface area (Å²) in [4.78, 5) is 4.36. The largest absolute Gasteiger partial charge is 0.194 e. The first-order chi connectivity index (χ1) is 12.0. The lowest BCUT2D eigenvalue weighted by atomic mass is 9.77. The molecule has 0 saturated carbocycles. The van der Waals surface area contributed by atoms with E-state index in [0.29, 0.717) is 0 Å². The Kier molecular flexibility index (Phi) is 4.94. The molecular formula is C23H21NS. The van der Waals surface area contributed by atoms with Crippen molar-refractivity contribution in [1.29, 1.82) is 0 Å². The van der Waals surface area contributed by atoms with Crippen molar-refractivity contribution in [3.05, 3.63) is 78.4 Å². The van der Waals surface area contributed by atoms with Gasteiger partial charge in [-0.15, -0.1) is 0 Å². The number of hydrogen-bond donors (Lipinski definition) is 0. The average Bonchev–Trinajstić information content (AvgIpc) is 2.62. The molecule has 124 valence electrons. The third-order valence-electron chi connectivity index (χ3n) is 4.25. The lowest BCUT2D eigenvalue weighted by Crippen LogP contribution is -2.14. The Hall–Kier alpha value is -2.54. The molecule has 0 amide bonds. The van der Waals surface area contributed by atoms with Crippen molar-refractivity contribution < 1.29 is 0 Å². The molecule has 0 spiro atoms. The minimum absolute atomic E-state index is 0.0824. The standard InChI is InChI=1S/C23H21NS/c1-23(2,3)22-20(24-16-25)15-14-19(17-10-6-4-7-11-17)21(22)18-12-8-5-9-13-18/h4-15H,1-3H3. The number of aliphatic imine (C=N–C) groups is 1. The van der Waals surface area contributed by atoms with Crippen molar-refractivity contribution in [3.8, 4) is 22.3 Å². The Labute approximate surface area is 155 Å². The second-order valence-electron chi connectivity index (χ2n) is 7.07. The third kappa shape index (κ3) is 3.61. The molecule has 0 aromatic heterocycles. The predicted octanol–water partition coefficient (Wildman–Crippen LogP) is 7.05. The van der Waals surface area contributed by atoms with E-state index in [1.807, 2.05) is 12.1 Å². The van der Waals surface area contributed by atoms with Gasteiger partial charge in [0.15, 0.2) is 0 Å². The van der Waals surface area contributed by atoms with E-state index in [9.17, 15) is 0 Å². The first kappa shape index (κ1) is 17.3. The van der Waals surface area contributed by atoms with Crippen LogP contribution in [0.25, 0.3) is 22.3 Å². The predicted molar refractivity (Wildman–Crippen MR) is 111 cm³/mol.